The van der Waals surface area contributed by atoms with Crippen LogP contribution >= 0.6 is 0 Å². The van der Waals surface area contributed by atoms with Crippen molar-refractivity contribution in [3.05, 3.63) is 114 Å². The summed E-state index contributed by atoms with van der Waals surface area (Å²) in [5.41, 5.74) is 0.658. The SMILES string of the molecule is O=C(Cc1cc(F)c(-c2cnc(Cc3ccn4ccccc34)nc2)cc1F)Nc1cncc(C(F)(F)F)c1. The van der Waals surface area contributed by atoms with Gasteiger partial charge in [-0.05, 0) is 42.0 Å². The van der Waals surface area contributed by atoms with Gasteiger partial charge >= 0.3 is 6.18 Å². The van der Waals surface area contributed by atoms with Gasteiger partial charge in [0.25, 0.3) is 0 Å². The Morgan fingerprint density at radius 2 is 1.68 bits per heavy atom. The standard InChI is InChI=1S/C27H18F5N5O/c28-22-11-21(18-12-34-25(35-13-18)8-16-4-6-37-5-2-1-3-24(16)37)23(29)7-17(22)9-26(38)36-20-10-19(14-33-15-20)27(30,31)32/h1-7,10-15H,8-9H2,(H,36,38). The van der Waals surface area contributed by atoms with E-state index in [2.05, 4.69) is 20.3 Å². The maximum absolute atomic E-state index is 14.9. The smallest absolute Gasteiger partial charge is 0.324 e. The fraction of sp³-hybridized carbons (Fsp3) is 0.111. The highest BCUT2D eigenvalue weighted by Gasteiger charge is 2.31. The summed E-state index contributed by atoms with van der Waals surface area (Å²) in [6, 6.07) is 10.3. The topological polar surface area (TPSA) is 72.2 Å². The van der Waals surface area contributed by atoms with Crippen molar-refractivity contribution in [3.63, 3.8) is 0 Å². The number of carbonyl (C=O) groups is 1. The van der Waals surface area contributed by atoms with Crippen LogP contribution in [0, 0.1) is 11.6 Å². The second kappa shape index (κ2) is 10.0. The van der Waals surface area contributed by atoms with E-state index in [0.717, 1.165) is 29.4 Å². The molecule has 0 aliphatic carbocycles. The van der Waals surface area contributed by atoms with Crippen molar-refractivity contribution in [2.45, 2.75) is 19.0 Å². The van der Waals surface area contributed by atoms with Gasteiger partial charge in [0.15, 0.2) is 0 Å². The Bertz CT molecular complexity index is 1630. The highest BCUT2D eigenvalue weighted by Crippen LogP contribution is 2.30. The van der Waals surface area contributed by atoms with Gasteiger partial charge in [0.1, 0.15) is 17.5 Å². The van der Waals surface area contributed by atoms with Crippen LogP contribution in [0.1, 0.15) is 22.5 Å². The van der Waals surface area contributed by atoms with Gasteiger partial charge in [-0.25, -0.2) is 18.7 Å². The quantitative estimate of drug-likeness (QED) is 0.283. The molecule has 11 heteroatoms. The number of fused-ring (bicyclic) bond motifs is 1. The summed E-state index contributed by atoms with van der Waals surface area (Å²) in [6.45, 7) is 0. The minimum Gasteiger partial charge on any atom is -0.324 e. The molecule has 1 amide bonds. The summed E-state index contributed by atoms with van der Waals surface area (Å²) in [7, 11) is 0. The highest BCUT2D eigenvalue weighted by atomic mass is 19.4. The second-order valence-corrected chi connectivity index (χ2v) is 8.51. The Balaban J connectivity index is 1.29. The van der Waals surface area contributed by atoms with Crippen molar-refractivity contribution < 1.29 is 26.7 Å². The van der Waals surface area contributed by atoms with E-state index in [1.807, 2.05) is 41.1 Å². The minimum absolute atomic E-state index is 0.0883. The van der Waals surface area contributed by atoms with Crippen LogP contribution in [0.3, 0.4) is 0 Å². The normalized spacial score (nSPS) is 11.6. The summed E-state index contributed by atoms with van der Waals surface area (Å²) in [6.07, 6.45) is 3.49. The molecule has 0 fully saturated rings. The van der Waals surface area contributed by atoms with Crippen LogP contribution < -0.4 is 5.32 Å². The Kier molecular flexibility index (Phi) is 6.58. The lowest BCUT2D eigenvalue weighted by atomic mass is 10.0. The average Bonchev–Trinajstić information content (AvgIpc) is 3.29. The van der Waals surface area contributed by atoms with Crippen molar-refractivity contribution >= 4 is 17.1 Å². The number of pyridine rings is 2. The molecule has 5 aromatic rings. The lowest BCUT2D eigenvalue weighted by Crippen LogP contribution is -2.16. The molecule has 0 aliphatic heterocycles. The van der Waals surface area contributed by atoms with Crippen molar-refractivity contribution in [2.75, 3.05) is 5.32 Å². The summed E-state index contributed by atoms with van der Waals surface area (Å²) in [5, 5.41) is 2.22. The first-order valence-corrected chi connectivity index (χ1v) is 11.3. The third kappa shape index (κ3) is 5.36. The molecule has 6 nitrogen and oxygen atoms in total. The highest BCUT2D eigenvalue weighted by molar-refractivity contribution is 5.92. The fourth-order valence-electron chi connectivity index (χ4n) is 4.01. The summed E-state index contributed by atoms with van der Waals surface area (Å²) in [4.78, 5) is 24.3. The first kappa shape index (κ1) is 25.0. The van der Waals surface area contributed by atoms with E-state index in [0.29, 0.717) is 24.5 Å². The maximum atomic E-state index is 14.9. The number of alkyl halides is 3. The zero-order valence-electron chi connectivity index (χ0n) is 19.5. The van der Waals surface area contributed by atoms with E-state index in [-0.39, 0.29) is 22.4 Å². The number of aromatic nitrogens is 4. The summed E-state index contributed by atoms with van der Waals surface area (Å²) >= 11 is 0. The van der Waals surface area contributed by atoms with Gasteiger partial charge in [-0.3, -0.25) is 9.78 Å². The minimum atomic E-state index is -4.64. The van der Waals surface area contributed by atoms with Crippen molar-refractivity contribution in [3.8, 4) is 11.1 Å². The zero-order chi connectivity index (χ0) is 26.9. The Hall–Kier alpha value is -4.67. The van der Waals surface area contributed by atoms with Gasteiger partial charge in [0.05, 0.1) is 23.9 Å². The van der Waals surface area contributed by atoms with Gasteiger partial charge in [-0.1, -0.05) is 6.07 Å². The first-order valence-electron chi connectivity index (χ1n) is 11.3. The molecular formula is C27H18F5N5O. The number of anilines is 1. The van der Waals surface area contributed by atoms with Crippen LogP contribution in [0.4, 0.5) is 27.6 Å². The molecule has 1 N–H and O–H groups in total. The van der Waals surface area contributed by atoms with Crippen molar-refractivity contribution in [1.82, 2.24) is 19.4 Å². The number of rotatable bonds is 6. The van der Waals surface area contributed by atoms with Gasteiger partial charge in [-0.2, -0.15) is 13.2 Å². The van der Waals surface area contributed by atoms with Gasteiger partial charge < -0.3 is 9.72 Å². The lowest BCUT2D eigenvalue weighted by molar-refractivity contribution is -0.137. The van der Waals surface area contributed by atoms with Crippen LogP contribution in [-0.4, -0.2) is 25.3 Å². The van der Waals surface area contributed by atoms with Crippen molar-refractivity contribution in [2.24, 2.45) is 0 Å². The van der Waals surface area contributed by atoms with E-state index in [4.69, 9.17) is 0 Å². The van der Waals surface area contributed by atoms with E-state index in [9.17, 15) is 26.7 Å². The van der Waals surface area contributed by atoms with E-state index in [1.165, 1.54) is 12.4 Å². The number of benzene rings is 1. The van der Waals surface area contributed by atoms with Crippen LogP contribution in [0.2, 0.25) is 0 Å². The molecule has 5 rings (SSSR count). The Morgan fingerprint density at radius 3 is 2.45 bits per heavy atom. The third-order valence-corrected chi connectivity index (χ3v) is 5.86. The molecule has 0 aliphatic rings. The Labute approximate surface area is 212 Å². The van der Waals surface area contributed by atoms with Crippen molar-refractivity contribution in [1.29, 1.82) is 0 Å². The van der Waals surface area contributed by atoms with Gasteiger partial charge in [0, 0.05) is 59.6 Å². The van der Waals surface area contributed by atoms with Gasteiger partial charge in [0.2, 0.25) is 5.91 Å². The predicted octanol–water partition coefficient (Wildman–Crippen LogP) is 5.86. The van der Waals surface area contributed by atoms with Gasteiger partial charge in [-0.15, -0.1) is 0 Å². The van der Waals surface area contributed by atoms with Crippen LogP contribution in [0.25, 0.3) is 16.6 Å². The fourth-order valence-corrected chi connectivity index (χ4v) is 4.01. The molecule has 4 aromatic heterocycles. The zero-order valence-corrected chi connectivity index (χ0v) is 19.5. The van der Waals surface area contributed by atoms with E-state index >= 15 is 0 Å². The van der Waals surface area contributed by atoms with Crippen LogP contribution in [0.5, 0.6) is 0 Å². The molecule has 38 heavy (non-hydrogen) atoms. The predicted molar refractivity (Wildman–Crippen MR) is 129 cm³/mol. The number of nitrogens with zero attached hydrogens (tertiary/aromatic N) is 4. The molecule has 0 radical (unpaired) electrons. The number of hydrogen-bond acceptors (Lipinski definition) is 4. The molecule has 4 heterocycles. The maximum Gasteiger partial charge on any atom is 0.417 e. The third-order valence-electron chi connectivity index (χ3n) is 5.86. The summed E-state index contributed by atoms with van der Waals surface area (Å²) < 4.78 is 70.1. The first-order chi connectivity index (χ1) is 18.2. The number of nitrogens with one attached hydrogen (secondary N) is 1. The largest absolute Gasteiger partial charge is 0.417 e. The molecule has 0 saturated carbocycles. The molecule has 0 unspecified atom stereocenters. The second-order valence-electron chi connectivity index (χ2n) is 8.51. The number of halogens is 5. The molecular weight excluding hydrogens is 505 g/mol. The number of carbonyl (C=O) groups excluding carboxylic acids is 1. The molecule has 0 spiro atoms. The molecule has 192 valence electrons. The average molecular weight is 523 g/mol. The molecule has 0 saturated heterocycles. The molecule has 1 aromatic carbocycles. The monoisotopic (exact) mass is 523 g/mol. The molecule has 0 bridgehead atoms. The Morgan fingerprint density at radius 1 is 0.895 bits per heavy atom. The molecule has 0 atom stereocenters. The van der Waals surface area contributed by atoms with Crippen LogP contribution in [0.15, 0.2) is 79.6 Å². The lowest BCUT2D eigenvalue weighted by Gasteiger charge is -2.11. The summed E-state index contributed by atoms with van der Waals surface area (Å²) in [5.74, 6) is -1.99. The number of hydrogen-bond donors (Lipinski definition) is 1. The van der Waals surface area contributed by atoms with E-state index in [1.54, 1.807) is 0 Å². The number of amides is 1. The van der Waals surface area contributed by atoms with Crippen LogP contribution in [-0.2, 0) is 23.8 Å². The van der Waals surface area contributed by atoms with E-state index < -0.39 is 35.7 Å².